The van der Waals surface area contributed by atoms with E-state index in [0.29, 0.717) is 11.5 Å². The average Bonchev–Trinajstić information content (AvgIpc) is 2.37. The molecule has 0 aromatic heterocycles. The summed E-state index contributed by atoms with van der Waals surface area (Å²) in [5, 5.41) is 8.56. The van der Waals surface area contributed by atoms with Crippen LogP contribution in [0, 0.1) is 11.3 Å². The fourth-order valence-corrected chi connectivity index (χ4v) is 1.18. The zero-order valence-corrected chi connectivity index (χ0v) is 9.89. The monoisotopic (exact) mass is 235 g/mol. The lowest BCUT2D eigenvalue weighted by atomic mass is 10.2. The largest absolute Gasteiger partial charge is 0.497 e. The zero-order valence-electron chi connectivity index (χ0n) is 9.89. The van der Waals surface area contributed by atoms with Crippen LogP contribution >= 0.6 is 0 Å². The summed E-state index contributed by atoms with van der Waals surface area (Å²) < 4.78 is 14.9. The Morgan fingerprint density at radius 3 is 2.18 bits per heavy atom. The molecule has 90 valence electrons. The second-order valence-corrected chi connectivity index (χ2v) is 3.28. The van der Waals surface area contributed by atoms with Crippen LogP contribution in [0.5, 0.6) is 11.5 Å². The fourth-order valence-electron chi connectivity index (χ4n) is 1.18. The van der Waals surface area contributed by atoms with Crippen LogP contribution in [0.3, 0.4) is 0 Å². The maximum absolute atomic E-state index is 11.7. The van der Waals surface area contributed by atoms with Gasteiger partial charge in [-0.2, -0.15) is 5.26 Å². The quantitative estimate of drug-likeness (QED) is 0.744. The summed E-state index contributed by atoms with van der Waals surface area (Å²) in [5.74, 6) is 0.387. The Kier molecular flexibility index (Phi) is 4.35. The van der Waals surface area contributed by atoms with Crippen LogP contribution in [0.2, 0.25) is 0 Å². The lowest BCUT2D eigenvalue weighted by Gasteiger charge is -2.09. The van der Waals surface area contributed by atoms with Gasteiger partial charge in [-0.25, -0.2) is 4.79 Å². The molecule has 1 aromatic rings. The molecule has 0 spiro atoms. The van der Waals surface area contributed by atoms with Crippen molar-refractivity contribution >= 4 is 5.97 Å². The van der Waals surface area contributed by atoms with Crippen LogP contribution in [0.15, 0.2) is 18.2 Å². The van der Waals surface area contributed by atoms with Crippen molar-refractivity contribution < 1.29 is 19.0 Å². The van der Waals surface area contributed by atoms with Crippen molar-refractivity contribution in [3.63, 3.8) is 0 Å². The molecule has 1 aromatic carbocycles. The summed E-state index contributed by atoms with van der Waals surface area (Å²) in [6.45, 7) is 1.50. The van der Waals surface area contributed by atoms with E-state index in [4.69, 9.17) is 19.5 Å². The number of methoxy groups -OCH3 is 2. The summed E-state index contributed by atoms with van der Waals surface area (Å²) in [6.07, 6.45) is -0.792. The third kappa shape index (κ3) is 3.38. The molecule has 0 bridgehead atoms. The summed E-state index contributed by atoms with van der Waals surface area (Å²) in [4.78, 5) is 11.7. The van der Waals surface area contributed by atoms with Crippen LogP contribution in [0.4, 0.5) is 0 Å². The molecule has 1 atom stereocenters. The number of hydrogen-bond donors (Lipinski definition) is 0. The van der Waals surface area contributed by atoms with Crippen LogP contribution in [-0.4, -0.2) is 26.3 Å². The molecular formula is C12H13NO4. The first-order valence-electron chi connectivity index (χ1n) is 4.94. The number of nitriles is 1. The predicted molar refractivity (Wildman–Crippen MR) is 60.0 cm³/mol. The van der Waals surface area contributed by atoms with E-state index in [1.807, 2.05) is 6.07 Å². The first-order valence-corrected chi connectivity index (χ1v) is 4.94. The van der Waals surface area contributed by atoms with Gasteiger partial charge >= 0.3 is 5.97 Å². The number of rotatable bonds is 4. The van der Waals surface area contributed by atoms with Gasteiger partial charge in [0, 0.05) is 6.07 Å². The van der Waals surface area contributed by atoms with Gasteiger partial charge in [-0.05, 0) is 19.1 Å². The van der Waals surface area contributed by atoms with E-state index in [1.165, 1.54) is 33.3 Å². The van der Waals surface area contributed by atoms with Crippen molar-refractivity contribution in [3.05, 3.63) is 23.8 Å². The molecule has 17 heavy (non-hydrogen) atoms. The number of benzene rings is 1. The van der Waals surface area contributed by atoms with E-state index in [2.05, 4.69) is 0 Å². The lowest BCUT2D eigenvalue weighted by molar-refractivity contribution is 0.0434. The zero-order chi connectivity index (χ0) is 12.8. The number of hydrogen-bond acceptors (Lipinski definition) is 5. The number of ether oxygens (including phenoxy) is 3. The highest BCUT2D eigenvalue weighted by atomic mass is 16.5. The Morgan fingerprint density at radius 1 is 1.24 bits per heavy atom. The normalized spacial score (nSPS) is 11.2. The first kappa shape index (κ1) is 12.8. The van der Waals surface area contributed by atoms with Gasteiger partial charge in [0.05, 0.1) is 19.8 Å². The van der Waals surface area contributed by atoms with Gasteiger partial charge in [-0.15, -0.1) is 0 Å². The molecule has 0 N–H and O–H groups in total. The van der Waals surface area contributed by atoms with Crippen LogP contribution in [0.1, 0.15) is 17.3 Å². The molecule has 0 fully saturated rings. The molecule has 0 saturated heterocycles. The van der Waals surface area contributed by atoms with Gasteiger partial charge in [0.2, 0.25) is 0 Å². The van der Waals surface area contributed by atoms with Crippen molar-refractivity contribution in [2.45, 2.75) is 13.0 Å². The van der Waals surface area contributed by atoms with E-state index in [-0.39, 0.29) is 5.56 Å². The third-order valence-electron chi connectivity index (χ3n) is 2.05. The lowest BCUT2D eigenvalue weighted by Crippen LogP contribution is -2.13. The minimum absolute atomic E-state index is 0.281. The molecular weight excluding hydrogens is 222 g/mol. The van der Waals surface area contributed by atoms with Crippen molar-refractivity contribution in [2.24, 2.45) is 0 Å². The molecule has 1 rings (SSSR count). The molecule has 0 amide bonds. The molecule has 1 unspecified atom stereocenters. The van der Waals surface area contributed by atoms with Crippen molar-refractivity contribution in [1.29, 1.82) is 5.26 Å². The Bertz CT molecular complexity index is 428. The van der Waals surface area contributed by atoms with E-state index in [9.17, 15) is 4.79 Å². The van der Waals surface area contributed by atoms with Crippen LogP contribution < -0.4 is 9.47 Å². The molecule has 5 heteroatoms. The van der Waals surface area contributed by atoms with Crippen LogP contribution in [0.25, 0.3) is 0 Å². The Labute approximate surface area is 99.5 Å². The molecule has 0 aliphatic rings. The molecule has 0 aliphatic heterocycles. The topological polar surface area (TPSA) is 68.6 Å². The van der Waals surface area contributed by atoms with Gasteiger partial charge in [-0.3, -0.25) is 0 Å². The maximum Gasteiger partial charge on any atom is 0.339 e. The number of nitrogens with zero attached hydrogens (tertiary/aromatic N) is 1. The Morgan fingerprint density at radius 2 is 1.76 bits per heavy atom. The predicted octanol–water partition coefficient (Wildman–Crippen LogP) is 1.77. The Hall–Kier alpha value is -2.22. The van der Waals surface area contributed by atoms with Crippen molar-refractivity contribution in [3.8, 4) is 17.6 Å². The summed E-state index contributed by atoms with van der Waals surface area (Å²) in [7, 11) is 2.98. The maximum atomic E-state index is 11.7. The van der Waals surface area contributed by atoms with Crippen LogP contribution in [-0.2, 0) is 4.74 Å². The SMILES string of the molecule is COc1cc(OC)cc(C(=O)OC(C)C#N)c1. The smallest absolute Gasteiger partial charge is 0.339 e. The first-order chi connectivity index (χ1) is 8.10. The third-order valence-corrected chi connectivity index (χ3v) is 2.05. The minimum atomic E-state index is -0.792. The van der Waals surface area contributed by atoms with E-state index >= 15 is 0 Å². The van der Waals surface area contributed by atoms with Crippen molar-refractivity contribution in [2.75, 3.05) is 14.2 Å². The highest BCUT2D eigenvalue weighted by Gasteiger charge is 2.13. The highest BCUT2D eigenvalue weighted by Crippen LogP contribution is 2.23. The van der Waals surface area contributed by atoms with Gasteiger partial charge < -0.3 is 14.2 Å². The number of carbonyl (C=O) groups is 1. The number of esters is 1. The van der Waals surface area contributed by atoms with E-state index < -0.39 is 12.1 Å². The van der Waals surface area contributed by atoms with Gasteiger partial charge in [0.25, 0.3) is 0 Å². The molecule has 5 nitrogen and oxygen atoms in total. The number of carbonyl (C=O) groups excluding carboxylic acids is 1. The Balaban J connectivity index is 2.97. The van der Waals surface area contributed by atoms with Crippen molar-refractivity contribution in [1.82, 2.24) is 0 Å². The minimum Gasteiger partial charge on any atom is -0.497 e. The fraction of sp³-hybridized carbons (Fsp3) is 0.333. The molecule has 0 heterocycles. The summed E-state index contributed by atoms with van der Waals surface area (Å²) >= 11 is 0. The molecule has 0 saturated carbocycles. The van der Waals surface area contributed by atoms with E-state index in [0.717, 1.165) is 0 Å². The average molecular weight is 235 g/mol. The second-order valence-electron chi connectivity index (χ2n) is 3.28. The van der Waals surface area contributed by atoms with Gasteiger partial charge in [0.1, 0.15) is 17.6 Å². The summed E-state index contributed by atoms with van der Waals surface area (Å²) in [5.41, 5.74) is 0.281. The van der Waals surface area contributed by atoms with E-state index in [1.54, 1.807) is 6.07 Å². The molecule has 0 radical (unpaired) electrons. The summed E-state index contributed by atoms with van der Waals surface area (Å²) in [6, 6.07) is 6.51. The van der Waals surface area contributed by atoms with Gasteiger partial charge in [0.15, 0.2) is 6.10 Å². The second kappa shape index (κ2) is 5.75. The molecule has 0 aliphatic carbocycles. The highest BCUT2D eigenvalue weighted by molar-refractivity contribution is 5.90. The van der Waals surface area contributed by atoms with Gasteiger partial charge in [-0.1, -0.05) is 0 Å². The standard InChI is InChI=1S/C12H13NO4/c1-8(7-13)17-12(14)9-4-10(15-2)6-11(5-9)16-3/h4-6,8H,1-3H3.